The quantitative estimate of drug-likeness (QED) is 0.287. The summed E-state index contributed by atoms with van der Waals surface area (Å²) in [4.78, 5) is 30.2. The molecule has 37 heavy (non-hydrogen) atoms. The Balaban J connectivity index is 1.40. The van der Waals surface area contributed by atoms with Crippen LogP contribution in [0.15, 0.2) is 90.5 Å². The van der Waals surface area contributed by atoms with Crippen molar-refractivity contribution in [3.63, 3.8) is 0 Å². The van der Waals surface area contributed by atoms with Gasteiger partial charge in [0.2, 0.25) is 0 Å². The van der Waals surface area contributed by atoms with Crippen molar-refractivity contribution in [2.45, 2.75) is 12.6 Å². The third-order valence-corrected chi connectivity index (χ3v) is 6.79. The third kappa shape index (κ3) is 5.58. The standard InChI is InChI=1S/C30H30N2O5/c33-28(24-11-13-25(14-12-24)37-21-22-7-3-1-4-8-22)26-27(23-9-5-2-6-10-23)32(30(35)29(26)34)16-15-31-17-19-36-20-18-31/h1-14,27,33H,15-21H2/t27-/m1/s1. The lowest BCUT2D eigenvalue weighted by Crippen LogP contribution is -2.42. The first kappa shape index (κ1) is 24.7. The van der Waals surface area contributed by atoms with Gasteiger partial charge in [0.1, 0.15) is 18.1 Å². The first-order chi connectivity index (χ1) is 18.1. The zero-order chi connectivity index (χ0) is 25.6. The molecule has 2 aliphatic rings. The fourth-order valence-corrected chi connectivity index (χ4v) is 4.77. The summed E-state index contributed by atoms with van der Waals surface area (Å²) in [6.07, 6.45) is 0. The van der Waals surface area contributed by atoms with Gasteiger partial charge < -0.3 is 19.5 Å². The van der Waals surface area contributed by atoms with Crippen molar-refractivity contribution in [1.82, 2.24) is 9.80 Å². The van der Waals surface area contributed by atoms with Gasteiger partial charge in [0.25, 0.3) is 11.7 Å². The second-order valence-corrected chi connectivity index (χ2v) is 9.16. The minimum absolute atomic E-state index is 0.108. The number of ether oxygens (including phenoxy) is 2. The van der Waals surface area contributed by atoms with E-state index in [2.05, 4.69) is 4.90 Å². The number of likely N-dealkylation sites (tertiary alicyclic amines) is 1. The topological polar surface area (TPSA) is 79.3 Å². The Morgan fingerprint density at radius 2 is 1.51 bits per heavy atom. The van der Waals surface area contributed by atoms with Crippen molar-refractivity contribution in [3.05, 3.63) is 107 Å². The molecule has 190 valence electrons. The van der Waals surface area contributed by atoms with Gasteiger partial charge in [-0.1, -0.05) is 60.7 Å². The molecule has 1 amide bonds. The lowest BCUT2D eigenvalue weighted by Gasteiger charge is -2.31. The van der Waals surface area contributed by atoms with E-state index in [9.17, 15) is 14.7 Å². The van der Waals surface area contributed by atoms with E-state index in [0.717, 1.165) is 24.2 Å². The highest BCUT2D eigenvalue weighted by Gasteiger charge is 2.45. The van der Waals surface area contributed by atoms with Crippen LogP contribution in [0.2, 0.25) is 0 Å². The van der Waals surface area contributed by atoms with E-state index in [1.165, 1.54) is 0 Å². The maximum absolute atomic E-state index is 13.2. The Bertz CT molecular complexity index is 1250. The molecular weight excluding hydrogens is 468 g/mol. The normalized spacial score (nSPS) is 19.8. The van der Waals surface area contributed by atoms with E-state index in [1.54, 1.807) is 29.2 Å². The molecule has 0 spiro atoms. The van der Waals surface area contributed by atoms with E-state index in [4.69, 9.17) is 9.47 Å². The molecule has 5 rings (SSSR count). The number of aliphatic hydroxyl groups is 1. The molecule has 0 radical (unpaired) electrons. The molecule has 2 aliphatic heterocycles. The molecule has 0 saturated carbocycles. The molecule has 3 aromatic rings. The van der Waals surface area contributed by atoms with E-state index in [-0.39, 0.29) is 11.3 Å². The van der Waals surface area contributed by atoms with Gasteiger partial charge in [-0.05, 0) is 35.4 Å². The summed E-state index contributed by atoms with van der Waals surface area (Å²) in [7, 11) is 0. The third-order valence-electron chi connectivity index (χ3n) is 6.79. The maximum atomic E-state index is 13.2. The van der Waals surface area contributed by atoms with E-state index in [0.29, 0.717) is 44.2 Å². The highest BCUT2D eigenvalue weighted by Crippen LogP contribution is 2.39. The van der Waals surface area contributed by atoms with Gasteiger partial charge in [-0.3, -0.25) is 14.5 Å². The molecule has 0 unspecified atom stereocenters. The van der Waals surface area contributed by atoms with E-state index < -0.39 is 17.7 Å². The Morgan fingerprint density at radius 3 is 2.19 bits per heavy atom. The van der Waals surface area contributed by atoms with Crippen LogP contribution in [0, 0.1) is 0 Å². The van der Waals surface area contributed by atoms with Crippen molar-refractivity contribution in [2.75, 3.05) is 39.4 Å². The summed E-state index contributed by atoms with van der Waals surface area (Å²) in [6.45, 7) is 4.34. The highest BCUT2D eigenvalue weighted by atomic mass is 16.5. The van der Waals surface area contributed by atoms with Gasteiger partial charge in [0, 0.05) is 31.7 Å². The number of ketones is 1. The van der Waals surface area contributed by atoms with Crippen LogP contribution in [0.1, 0.15) is 22.7 Å². The Hall–Kier alpha value is -3.94. The summed E-state index contributed by atoms with van der Waals surface area (Å²) >= 11 is 0. The smallest absolute Gasteiger partial charge is 0.295 e. The van der Waals surface area contributed by atoms with Crippen molar-refractivity contribution in [2.24, 2.45) is 0 Å². The first-order valence-electron chi connectivity index (χ1n) is 12.5. The zero-order valence-electron chi connectivity index (χ0n) is 20.6. The molecule has 7 heteroatoms. The van der Waals surface area contributed by atoms with Gasteiger partial charge in [-0.25, -0.2) is 0 Å². The fraction of sp³-hybridized carbons (Fsp3) is 0.267. The molecule has 2 fully saturated rings. The molecule has 0 bridgehead atoms. The molecule has 2 heterocycles. The van der Waals surface area contributed by atoms with Crippen molar-refractivity contribution in [3.8, 4) is 5.75 Å². The number of Topliss-reactive ketones (excluding diaryl/α,β-unsaturated/α-hetero) is 1. The highest BCUT2D eigenvalue weighted by molar-refractivity contribution is 6.46. The first-order valence-corrected chi connectivity index (χ1v) is 12.5. The van der Waals surface area contributed by atoms with Crippen LogP contribution in [-0.2, 0) is 20.9 Å². The summed E-state index contributed by atoms with van der Waals surface area (Å²) < 4.78 is 11.3. The van der Waals surface area contributed by atoms with Crippen molar-refractivity contribution < 1.29 is 24.2 Å². The largest absolute Gasteiger partial charge is 0.507 e. The van der Waals surface area contributed by atoms with Gasteiger partial charge in [-0.15, -0.1) is 0 Å². The molecule has 0 aliphatic carbocycles. The molecule has 3 aromatic carbocycles. The number of benzene rings is 3. The van der Waals surface area contributed by atoms with E-state index >= 15 is 0 Å². The van der Waals surface area contributed by atoms with Crippen LogP contribution in [0.5, 0.6) is 5.75 Å². The van der Waals surface area contributed by atoms with Crippen LogP contribution in [0.25, 0.3) is 5.76 Å². The van der Waals surface area contributed by atoms with Gasteiger partial charge >= 0.3 is 0 Å². The average Bonchev–Trinajstić information content (AvgIpc) is 3.21. The Morgan fingerprint density at radius 1 is 0.865 bits per heavy atom. The monoisotopic (exact) mass is 498 g/mol. The number of carbonyl (C=O) groups is 2. The SMILES string of the molecule is O=C1C(=O)N(CCN2CCOCC2)[C@H](c2ccccc2)C1=C(O)c1ccc(OCc2ccccc2)cc1. The second-order valence-electron chi connectivity index (χ2n) is 9.16. The number of morpholine rings is 1. The number of nitrogens with zero attached hydrogens (tertiary/aromatic N) is 2. The molecule has 0 aromatic heterocycles. The fourth-order valence-electron chi connectivity index (χ4n) is 4.77. The number of rotatable bonds is 8. The Labute approximate surface area is 216 Å². The second kappa shape index (κ2) is 11.4. The Kier molecular flexibility index (Phi) is 7.63. The summed E-state index contributed by atoms with van der Waals surface area (Å²) in [5.74, 6) is -0.800. The summed E-state index contributed by atoms with van der Waals surface area (Å²) in [5, 5.41) is 11.3. The van der Waals surface area contributed by atoms with Crippen LogP contribution in [-0.4, -0.2) is 66.0 Å². The average molecular weight is 499 g/mol. The molecule has 1 N–H and O–H groups in total. The number of carbonyl (C=O) groups excluding carboxylic acids is 2. The number of amides is 1. The van der Waals surface area contributed by atoms with E-state index in [1.807, 2.05) is 60.7 Å². The predicted molar refractivity (Wildman–Crippen MR) is 140 cm³/mol. The van der Waals surface area contributed by atoms with Crippen molar-refractivity contribution >= 4 is 17.4 Å². The van der Waals surface area contributed by atoms with Crippen LogP contribution in [0.3, 0.4) is 0 Å². The maximum Gasteiger partial charge on any atom is 0.295 e. The minimum Gasteiger partial charge on any atom is -0.507 e. The van der Waals surface area contributed by atoms with Crippen LogP contribution >= 0.6 is 0 Å². The van der Waals surface area contributed by atoms with Crippen LogP contribution in [0.4, 0.5) is 0 Å². The van der Waals surface area contributed by atoms with Gasteiger partial charge in [0.15, 0.2) is 0 Å². The number of aliphatic hydroxyl groups excluding tert-OH is 1. The predicted octanol–water partition coefficient (Wildman–Crippen LogP) is 4.02. The lowest BCUT2D eigenvalue weighted by molar-refractivity contribution is -0.140. The molecule has 1 atom stereocenters. The zero-order valence-corrected chi connectivity index (χ0v) is 20.6. The lowest BCUT2D eigenvalue weighted by atomic mass is 9.95. The minimum atomic E-state index is -0.669. The summed E-state index contributed by atoms with van der Waals surface area (Å²) in [6, 6.07) is 25.5. The summed E-state index contributed by atoms with van der Waals surface area (Å²) in [5.41, 5.74) is 2.40. The van der Waals surface area contributed by atoms with Crippen LogP contribution < -0.4 is 4.74 Å². The van der Waals surface area contributed by atoms with Gasteiger partial charge in [-0.2, -0.15) is 0 Å². The van der Waals surface area contributed by atoms with Crippen molar-refractivity contribution in [1.29, 1.82) is 0 Å². The molecule has 2 saturated heterocycles. The molecule has 7 nitrogen and oxygen atoms in total. The van der Waals surface area contributed by atoms with Gasteiger partial charge in [0.05, 0.1) is 24.8 Å². The number of hydrogen-bond donors (Lipinski definition) is 1. The number of hydrogen-bond acceptors (Lipinski definition) is 6. The molecular formula is C30H30N2O5.